The molecular formula is C12H20N2O2S. The van der Waals surface area contributed by atoms with Gasteiger partial charge in [-0.2, -0.15) is 0 Å². The number of hydrogen-bond donors (Lipinski definition) is 1. The van der Waals surface area contributed by atoms with Crippen LogP contribution in [-0.2, 0) is 9.53 Å². The van der Waals surface area contributed by atoms with Gasteiger partial charge in [0.25, 0.3) is 0 Å². The van der Waals surface area contributed by atoms with E-state index in [9.17, 15) is 4.79 Å². The number of hydrogen-bond acceptors (Lipinski definition) is 3. The van der Waals surface area contributed by atoms with Crippen LogP contribution in [0.2, 0.25) is 0 Å². The molecule has 0 bridgehead atoms. The summed E-state index contributed by atoms with van der Waals surface area (Å²) in [5, 5.41) is 0. The molecule has 96 valence electrons. The Morgan fingerprint density at radius 1 is 1.59 bits per heavy atom. The second-order valence-electron chi connectivity index (χ2n) is 5.22. The molecule has 5 heteroatoms. The number of ether oxygens (including phenoxy) is 1. The smallest absolute Gasteiger partial charge is 0.235 e. The number of amides is 1. The summed E-state index contributed by atoms with van der Waals surface area (Å²) in [6.07, 6.45) is 3.85. The fourth-order valence-corrected chi connectivity index (χ4v) is 2.77. The first kappa shape index (κ1) is 12.8. The molecule has 1 saturated carbocycles. The number of thiocarbonyl (C=S) groups is 1. The van der Waals surface area contributed by atoms with Gasteiger partial charge in [0.05, 0.1) is 17.0 Å². The minimum absolute atomic E-state index is 0.0931. The maximum absolute atomic E-state index is 12.3. The van der Waals surface area contributed by atoms with Crippen LogP contribution in [0.3, 0.4) is 0 Å². The van der Waals surface area contributed by atoms with Crippen LogP contribution in [0.25, 0.3) is 0 Å². The van der Waals surface area contributed by atoms with E-state index in [1.807, 2.05) is 7.05 Å². The third-order valence-corrected chi connectivity index (χ3v) is 4.16. The number of rotatable bonds is 4. The van der Waals surface area contributed by atoms with Crippen LogP contribution in [-0.4, -0.2) is 42.6 Å². The third kappa shape index (κ3) is 2.60. The fourth-order valence-electron chi connectivity index (χ4n) is 2.48. The highest BCUT2D eigenvalue weighted by molar-refractivity contribution is 7.80. The molecule has 1 heterocycles. The van der Waals surface area contributed by atoms with E-state index >= 15 is 0 Å². The van der Waals surface area contributed by atoms with Gasteiger partial charge in [-0.05, 0) is 31.6 Å². The van der Waals surface area contributed by atoms with Crippen LogP contribution in [0.1, 0.15) is 25.7 Å². The SMILES string of the molecule is CN(CC1CCCOC1)C(=O)C1(C(N)=S)CC1. The van der Waals surface area contributed by atoms with Crippen LogP contribution in [0, 0.1) is 11.3 Å². The van der Waals surface area contributed by atoms with Gasteiger partial charge in [-0.3, -0.25) is 4.79 Å². The molecular weight excluding hydrogens is 236 g/mol. The van der Waals surface area contributed by atoms with Crippen molar-refractivity contribution in [1.82, 2.24) is 4.90 Å². The first-order valence-corrected chi connectivity index (χ1v) is 6.60. The molecule has 2 fully saturated rings. The molecule has 0 aromatic rings. The molecule has 1 aliphatic heterocycles. The minimum atomic E-state index is -0.514. The summed E-state index contributed by atoms with van der Waals surface area (Å²) >= 11 is 5.00. The van der Waals surface area contributed by atoms with Crippen molar-refractivity contribution < 1.29 is 9.53 Å². The van der Waals surface area contributed by atoms with Crippen molar-refractivity contribution in [3.05, 3.63) is 0 Å². The van der Waals surface area contributed by atoms with Gasteiger partial charge in [0, 0.05) is 20.2 Å². The largest absolute Gasteiger partial charge is 0.392 e. The average molecular weight is 256 g/mol. The highest BCUT2D eigenvalue weighted by Crippen LogP contribution is 2.47. The molecule has 1 unspecified atom stereocenters. The molecule has 4 nitrogen and oxygen atoms in total. The monoisotopic (exact) mass is 256 g/mol. The Balaban J connectivity index is 1.89. The quantitative estimate of drug-likeness (QED) is 0.761. The number of carbonyl (C=O) groups excluding carboxylic acids is 1. The van der Waals surface area contributed by atoms with Gasteiger partial charge in [0.1, 0.15) is 0 Å². The van der Waals surface area contributed by atoms with E-state index in [1.54, 1.807) is 4.90 Å². The van der Waals surface area contributed by atoms with Crippen LogP contribution < -0.4 is 5.73 Å². The topological polar surface area (TPSA) is 55.6 Å². The Morgan fingerprint density at radius 3 is 2.76 bits per heavy atom. The van der Waals surface area contributed by atoms with E-state index < -0.39 is 5.41 Å². The van der Waals surface area contributed by atoms with Crippen molar-refractivity contribution >= 4 is 23.1 Å². The summed E-state index contributed by atoms with van der Waals surface area (Å²) in [5.74, 6) is 0.551. The highest BCUT2D eigenvalue weighted by Gasteiger charge is 2.54. The number of nitrogens with zero attached hydrogens (tertiary/aromatic N) is 1. The zero-order valence-corrected chi connectivity index (χ0v) is 11.1. The molecule has 1 saturated heterocycles. The Labute approximate surface area is 107 Å². The second kappa shape index (κ2) is 4.90. The second-order valence-corrected chi connectivity index (χ2v) is 5.66. The molecule has 1 amide bonds. The van der Waals surface area contributed by atoms with Gasteiger partial charge >= 0.3 is 0 Å². The lowest BCUT2D eigenvalue weighted by Crippen LogP contribution is -2.43. The van der Waals surface area contributed by atoms with Gasteiger partial charge in [-0.1, -0.05) is 12.2 Å². The Bertz CT molecular complexity index is 322. The number of carbonyl (C=O) groups is 1. The van der Waals surface area contributed by atoms with E-state index in [-0.39, 0.29) is 5.91 Å². The summed E-state index contributed by atoms with van der Waals surface area (Å²) in [6, 6.07) is 0. The zero-order valence-electron chi connectivity index (χ0n) is 10.3. The van der Waals surface area contributed by atoms with Gasteiger partial charge in [-0.25, -0.2) is 0 Å². The molecule has 2 N–H and O–H groups in total. The van der Waals surface area contributed by atoms with Gasteiger partial charge in [0.15, 0.2) is 0 Å². The molecule has 2 aliphatic rings. The van der Waals surface area contributed by atoms with E-state index in [0.29, 0.717) is 10.9 Å². The van der Waals surface area contributed by atoms with E-state index in [2.05, 4.69) is 0 Å². The van der Waals surface area contributed by atoms with Crippen molar-refractivity contribution in [3.63, 3.8) is 0 Å². The normalized spacial score (nSPS) is 26.3. The van der Waals surface area contributed by atoms with Crippen LogP contribution >= 0.6 is 12.2 Å². The lowest BCUT2D eigenvalue weighted by Gasteiger charge is -2.29. The van der Waals surface area contributed by atoms with Gasteiger partial charge in [-0.15, -0.1) is 0 Å². The predicted molar refractivity (Wildman–Crippen MR) is 69.6 cm³/mol. The summed E-state index contributed by atoms with van der Waals surface area (Å²) in [4.78, 5) is 14.4. The fraction of sp³-hybridized carbons (Fsp3) is 0.833. The zero-order chi connectivity index (χ0) is 12.5. The Morgan fingerprint density at radius 2 is 2.29 bits per heavy atom. The molecule has 0 aromatic heterocycles. The summed E-state index contributed by atoms with van der Waals surface area (Å²) < 4.78 is 5.42. The Hall–Kier alpha value is -0.680. The number of nitrogens with two attached hydrogens (primary N) is 1. The molecule has 0 spiro atoms. The van der Waals surface area contributed by atoms with Crippen molar-refractivity contribution in [2.24, 2.45) is 17.1 Å². The molecule has 2 rings (SSSR count). The van der Waals surface area contributed by atoms with Crippen molar-refractivity contribution in [2.45, 2.75) is 25.7 Å². The van der Waals surface area contributed by atoms with Crippen LogP contribution in [0.15, 0.2) is 0 Å². The lowest BCUT2D eigenvalue weighted by atomic mass is 10.00. The van der Waals surface area contributed by atoms with Crippen LogP contribution in [0.5, 0.6) is 0 Å². The lowest BCUT2D eigenvalue weighted by molar-refractivity contribution is -0.134. The maximum Gasteiger partial charge on any atom is 0.235 e. The Kier molecular flexibility index (Phi) is 3.68. The van der Waals surface area contributed by atoms with Crippen LogP contribution in [0.4, 0.5) is 0 Å². The third-order valence-electron chi connectivity index (χ3n) is 3.76. The van der Waals surface area contributed by atoms with Gasteiger partial charge < -0.3 is 15.4 Å². The molecule has 1 atom stereocenters. The summed E-state index contributed by atoms with van der Waals surface area (Å²) in [6.45, 7) is 2.37. The first-order chi connectivity index (χ1) is 8.06. The first-order valence-electron chi connectivity index (χ1n) is 6.19. The van der Waals surface area contributed by atoms with Crippen molar-refractivity contribution in [2.75, 3.05) is 26.8 Å². The van der Waals surface area contributed by atoms with Gasteiger partial charge in [0.2, 0.25) is 5.91 Å². The molecule has 0 aromatic carbocycles. The van der Waals surface area contributed by atoms with E-state index in [0.717, 1.165) is 45.4 Å². The molecule has 1 aliphatic carbocycles. The van der Waals surface area contributed by atoms with E-state index in [1.165, 1.54) is 0 Å². The predicted octanol–water partition coefficient (Wildman–Crippen LogP) is 0.938. The summed E-state index contributed by atoms with van der Waals surface area (Å²) in [5.41, 5.74) is 5.15. The highest BCUT2D eigenvalue weighted by atomic mass is 32.1. The summed E-state index contributed by atoms with van der Waals surface area (Å²) in [7, 11) is 1.84. The standard InChI is InChI=1S/C12H20N2O2S/c1-14(7-9-3-2-6-16-8-9)11(15)12(4-5-12)10(13)17/h9H,2-8H2,1H3,(H2,13,17). The minimum Gasteiger partial charge on any atom is -0.392 e. The average Bonchev–Trinajstić information content (AvgIpc) is 3.10. The maximum atomic E-state index is 12.3. The van der Waals surface area contributed by atoms with Crippen molar-refractivity contribution in [1.29, 1.82) is 0 Å². The molecule has 17 heavy (non-hydrogen) atoms. The molecule has 0 radical (unpaired) electrons. The van der Waals surface area contributed by atoms with E-state index in [4.69, 9.17) is 22.7 Å². The van der Waals surface area contributed by atoms with Crippen molar-refractivity contribution in [3.8, 4) is 0 Å².